The summed E-state index contributed by atoms with van der Waals surface area (Å²) in [6.45, 7) is 3.98. The lowest BCUT2D eigenvalue weighted by Crippen LogP contribution is -2.51. The fraction of sp³-hybridized carbons (Fsp3) is 0.424. The van der Waals surface area contributed by atoms with Crippen LogP contribution in [0.25, 0.3) is 11.9 Å². The molecule has 6 rings (SSSR count). The Morgan fingerprint density at radius 2 is 1.80 bits per heavy atom. The van der Waals surface area contributed by atoms with E-state index in [1.54, 1.807) is 11.5 Å². The first-order chi connectivity index (χ1) is 23.8. The van der Waals surface area contributed by atoms with Crippen molar-refractivity contribution >= 4 is 46.6 Å². The van der Waals surface area contributed by atoms with Gasteiger partial charge in [0.2, 0.25) is 11.7 Å². The fourth-order valence-corrected chi connectivity index (χ4v) is 6.60. The summed E-state index contributed by atoms with van der Waals surface area (Å²) in [6, 6.07) is 2.66. The van der Waals surface area contributed by atoms with Crippen molar-refractivity contribution in [3.05, 3.63) is 73.9 Å². The molecule has 13 nitrogen and oxygen atoms in total. The minimum atomic E-state index is -4.60. The first-order valence-corrected chi connectivity index (χ1v) is 16.7. The zero-order chi connectivity index (χ0) is 35.7. The molecule has 0 atom stereocenters. The third-order valence-corrected chi connectivity index (χ3v) is 9.28. The van der Waals surface area contributed by atoms with Crippen LogP contribution in [0, 0.1) is 6.92 Å². The Morgan fingerprint density at radius 3 is 2.46 bits per heavy atom. The second-order valence-electron chi connectivity index (χ2n) is 12.3. The molecule has 2 N–H and O–H groups in total. The fourth-order valence-electron chi connectivity index (χ4n) is 6.37. The van der Waals surface area contributed by atoms with Gasteiger partial charge >= 0.3 is 6.18 Å². The summed E-state index contributed by atoms with van der Waals surface area (Å²) in [4.78, 5) is 56.8. The number of hydrogen-bond acceptors (Lipinski definition) is 9. The van der Waals surface area contributed by atoms with Crippen molar-refractivity contribution in [1.82, 2.24) is 34.0 Å². The number of rotatable bonds is 7. The van der Waals surface area contributed by atoms with E-state index in [4.69, 9.17) is 11.6 Å². The Morgan fingerprint density at radius 1 is 1.08 bits per heavy atom. The number of halogens is 4. The molecule has 0 unspecified atom stereocenters. The van der Waals surface area contributed by atoms with Crippen LogP contribution in [-0.2, 0) is 23.9 Å². The van der Waals surface area contributed by atoms with E-state index >= 15 is 0 Å². The summed E-state index contributed by atoms with van der Waals surface area (Å²) in [5.74, 6) is -0.902. The van der Waals surface area contributed by atoms with Crippen LogP contribution < -0.4 is 15.8 Å². The number of amides is 2. The second-order valence-corrected chi connectivity index (χ2v) is 12.7. The van der Waals surface area contributed by atoms with Gasteiger partial charge in [0.15, 0.2) is 17.3 Å². The molecule has 4 aromatic rings. The number of aromatic hydroxyl groups is 1. The van der Waals surface area contributed by atoms with Crippen molar-refractivity contribution < 1.29 is 27.9 Å². The number of aromatic nitrogens is 6. The van der Waals surface area contributed by atoms with Crippen LogP contribution in [0.2, 0.25) is 5.02 Å². The van der Waals surface area contributed by atoms with Crippen molar-refractivity contribution in [2.45, 2.75) is 65.1 Å². The van der Waals surface area contributed by atoms with Crippen molar-refractivity contribution in [3.63, 3.8) is 0 Å². The molecule has 1 saturated carbocycles. The number of piperazine rings is 1. The number of nitrogens with one attached hydrogen (secondary N) is 1. The third-order valence-electron chi connectivity index (χ3n) is 8.97. The third kappa shape index (κ3) is 7.02. The molecule has 1 aliphatic heterocycles. The maximum Gasteiger partial charge on any atom is 0.416 e. The van der Waals surface area contributed by atoms with Gasteiger partial charge in [-0.05, 0) is 63.3 Å². The number of carbonyl (C=O) groups is 2. The minimum absolute atomic E-state index is 0.00472. The highest BCUT2D eigenvalue weighted by Gasteiger charge is 2.32. The molecule has 2 amide bonds. The Labute approximate surface area is 289 Å². The minimum Gasteiger partial charge on any atom is -0.504 e. The van der Waals surface area contributed by atoms with Crippen molar-refractivity contribution in [3.8, 4) is 5.75 Å². The molecule has 17 heteroatoms. The number of allylic oxidation sites excluding steroid dienone is 1. The molecule has 264 valence electrons. The Bertz CT molecular complexity index is 2040. The molecule has 2 fully saturated rings. The molecule has 4 heterocycles. The molecular weight excluding hydrogens is 679 g/mol. The van der Waals surface area contributed by atoms with Crippen LogP contribution >= 0.6 is 11.6 Å². The average molecular weight is 714 g/mol. The van der Waals surface area contributed by atoms with Gasteiger partial charge < -0.3 is 24.8 Å². The maximum atomic E-state index is 14.2. The summed E-state index contributed by atoms with van der Waals surface area (Å²) in [7, 11) is 0. The Hall–Kier alpha value is -4.99. The van der Waals surface area contributed by atoms with E-state index in [2.05, 4.69) is 25.4 Å². The lowest BCUT2D eigenvalue weighted by atomic mass is 9.95. The van der Waals surface area contributed by atoms with Gasteiger partial charge in [-0.2, -0.15) is 22.7 Å². The van der Waals surface area contributed by atoms with Crippen LogP contribution in [0.4, 0.5) is 24.5 Å². The van der Waals surface area contributed by atoms with Gasteiger partial charge in [0.05, 0.1) is 27.7 Å². The molecule has 0 bridgehead atoms. The molecule has 50 heavy (non-hydrogen) atoms. The van der Waals surface area contributed by atoms with Crippen LogP contribution in [0.15, 0.2) is 34.9 Å². The molecule has 0 radical (unpaired) electrons. The predicted octanol–water partition coefficient (Wildman–Crippen LogP) is 4.88. The smallest absolute Gasteiger partial charge is 0.416 e. The number of anilines is 2. The van der Waals surface area contributed by atoms with E-state index in [0.717, 1.165) is 50.3 Å². The van der Waals surface area contributed by atoms with E-state index in [0.29, 0.717) is 17.9 Å². The Balaban J connectivity index is 1.34. The van der Waals surface area contributed by atoms with Crippen LogP contribution in [0.1, 0.15) is 72.3 Å². The average Bonchev–Trinajstić information content (AvgIpc) is 3.52. The van der Waals surface area contributed by atoms with E-state index < -0.39 is 29.1 Å². The number of aryl methyl sites for hydroxylation is 1. The van der Waals surface area contributed by atoms with E-state index in [-0.39, 0.29) is 72.0 Å². The lowest BCUT2D eigenvalue weighted by Gasteiger charge is -2.36. The molecule has 2 aliphatic rings. The summed E-state index contributed by atoms with van der Waals surface area (Å²) < 4.78 is 42.3. The van der Waals surface area contributed by atoms with Gasteiger partial charge in [0, 0.05) is 26.2 Å². The topological polar surface area (TPSA) is 151 Å². The number of benzene rings is 1. The largest absolute Gasteiger partial charge is 0.504 e. The highest BCUT2D eigenvalue weighted by molar-refractivity contribution is 6.33. The summed E-state index contributed by atoms with van der Waals surface area (Å²) in [5, 5.41) is 17.2. The second kappa shape index (κ2) is 14.1. The van der Waals surface area contributed by atoms with Gasteiger partial charge in [0.1, 0.15) is 18.6 Å². The van der Waals surface area contributed by atoms with Crippen molar-refractivity contribution in [2.75, 3.05) is 36.4 Å². The number of alkyl halides is 3. The number of fused-ring (bicyclic) bond motifs is 1. The lowest BCUT2D eigenvalue weighted by molar-refractivity contribution is -0.137. The predicted molar refractivity (Wildman–Crippen MR) is 179 cm³/mol. The quantitative estimate of drug-likeness (QED) is 0.273. The van der Waals surface area contributed by atoms with Gasteiger partial charge in [-0.1, -0.05) is 30.5 Å². The van der Waals surface area contributed by atoms with Crippen LogP contribution in [0.3, 0.4) is 0 Å². The Kier molecular flexibility index (Phi) is 9.82. The van der Waals surface area contributed by atoms with Gasteiger partial charge in [-0.3, -0.25) is 14.4 Å². The highest BCUT2D eigenvalue weighted by Crippen LogP contribution is 2.34. The zero-order valence-corrected chi connectivity index (χ0v) is 28.2. The summed E-state index contributed by atoms with van der Waals surface area (Å²) in [6.07, 6.45) is 3.83. The van der Waals surface area contributed by atoms with E-state index in [9.17, 15) is 32.7 Å². The molecule has 1 aromatic carbocycles. The van der Waals surface area contributed by atoms with Gasteiger partial charge in [0.25, 0.3) is 11.5 Å². The molecule has 1 saturated heterocycles. The van der Waals surface area contributed by atoms with Gasteiger partial charge in [-0.25, -0.2) is 9.97 Å². The first kappa shape index (κ1) is 34.9. The molecule has 3 aromatic heterocycles. The van der Waals surface area contributed by atoms with E-state index in [1.807, 2.05) is 17.9 Å². The highest BCUT2D eigenvalue weighted by atomic mass is 35.5. The SMILES string of the molecule is CCc1c(N2CCN(C(=O)c3ncnc(C)c3O)CC2)c(=O)n2nc(C=C3CCCCC3)nc2n1CC(=O)Nc1ccc(C(F)(F)F)cc1Cl. The van der Waals surface area contributed by atoms with Crippen LogP contribution in [-0.4, -0.2) is 77.1 Å². The normalized spacial score (nSPS) is 15.4. The van der Waals surface area contributed by atoms with Crippen LogP contribution in [0.5, 0.6) is 5.75 Å². The summed E-state index contributed by atoms with van der Waals surface area (Å²) >= 11 is 6.12. The maximum absolute atomic E-state index is 14.2. The zero-order valence-electron chi connectivity index (χ0n) is 27.4. The van der Waals surface area contributed by atoms with E-state index in [1.165, 1.54) is 21.3 Å². The molecular formula is C33H35ClF3N9O4. The number of carbonyl (C=O) groups excluding carboxylic acids is 2. The number of hydrogen-bond donors (Lipinski definition) is 2. The van der Waals surface area contributed by atoms with Crippen molar-refractivity contribution in [2.24, 2.45) is 0 Å². The van der Waals surface area contributed by atoms with Gasteiger partial charge in [-0.15, -0.1) is 5.10 Å². The monoisotopic (exact) mass is 713 g/mol. The molecule has 0 spiro atoms. The standard InChI is InChI=1S/C33H35ClF3N9O4/c1-3-24-28(43-11-13-44(14-12-43)30(49)27-29(48)19(2)38-18-39-27)31(50)46-32(41-25(42-46)15-20-7-5-4-6-8-20)45(24)17-26(47)40-23-10-9-21(16-22(23)34)33(35,36)37/h9-10,15-16,18,48H,3-8,11-14,17H2,1-2H3,(H,40,47). The summed E-state index contributed by atoms with van der Waals surface area (Å²) in [5.41, 5.74) is 0.722. The van der Waals surface area contributed by atoms with Crippen molar-refractivity contribution in [1.29, 1.82) is 0 Å². The first-order valence-electron chi connectivity index (χ1n) is 16.3. The number of nitrogens with zero attached hydrogens (tertiary/aromatic N) is 8. The molecule has 1 aliphatic carbocycles.